The van der Waals surface area contributed by atoms with Crippen molar-refractivity contribution >= 4 is 5.91 Å². The van der Waals surface area contributed by atoms with Crippen LogP contribution in [0, 0.1) is 5.41 Å². The molecule has 0 spiro atoms. The summed E-state index contributed by atoms with van der Waals surface area (Å²) in [6, 6.07) is 0.496. The summed E-state index contributed by atoms with van der Waals surface area (Å²) in [5.41, 5.74) is -0.328. The Balaban J connectivity index is 3.69. The van der Waals surface area contributed by atoms with Crippen LogP contribution in [0.3, 0.4) is 0 Å². The van der Waals surface area contributed by atoms with E-state index < -0.39 is 0 Å². The molecule has 1 atom stereocenters. The summed E-state index contributed by atoms with van der Waals surface area (Å²) in [5.74, 6) is 0.102. The van der Waals surface area contributed by atoms with Gasteiger partial charge in [0.1, 0.15) is 0 Å². The second-order valence-electron chi connectivity index (χ2n) is 5.95. The zero-order valence-electron chi connectivity index (χ0n) is 12.9. The Hall–Kier alpha value is -0.570. The maximum atomic E-state index is 11.6. The highest BCUT2D eigenvalue weighted by Crippen LogP contribution is 2.14. The van der Waals surface area contributed by atoms with Gasteiger partial charge in [0.15, 0.2) is 0 Å². The lowest BCUT2D eigenvalue weighted by molar-refractivity contribution is -0.128. The Labute approximate surface area is 113 Å². The molecule has 0 aromatic heterocycles. The van der Waals surface area contributed by atoms with Crippen molar-refractivity contribution in [1.82, 2.24) is 10.6 Å². The van der Waals surface area contributed by atoms with E-state index in [1.54, 1.807) is 7.05 Å². The predicted molar refractivity (Wildman–Crippen MR) is 78.7 cm³/mol. The Morgan fingerprint density at radius 1 is 1.17 bits per heavy atom. The van der Waals surface area contributed by atoms with Crippen LogP contribution in [-0.2, 0) is 4.79 Å². The van der Waals surface area contributed by atoms with E-state index >= 15 is 0 Å². The molecule has 3 nitrogen and oxygen atoms in total. The normalized spacial score (nSPS) is 13.4. The Morgan fingerprint density at radius 3 is 2.33 bits per heavy atom. The Morgan fingerprint density at radius 2 is 1.78 bits per heavy atom. The van der Waals surface area contributed by atoms with Crippen molar-refractivity contribution in [1.29, 1.82) is 0 Å². The minimum Gasteiger partial charge on any atom is -0.359 e. The average molecular weight is 256 g/mol. The van der Waals surface area contributed by atoms with Crippen LogP contribution < -0.4 is 10.6 Å². The van der Waals surface area contributed by atoms with Crippen molar-refractivity contribution in [3.05, 3.63) is 0 Å². The van der Waals surface area contributed by atoms with Gasteiger partial charge in [0, 0.05) is 19.6 Å². The van der Waals surface area contributed by atoms with Gasteiger partial charge in [-0.3, -0.25) is 4.79 Å². The molecule has 0 saturated carbocycles. The van der Waals surface area contributed by atoms with Crippen LogP contribution in [0.15, 0.2) is 0 Å². The van der Waals surface area contributed by atoms with Gasteiger partial charge in [-0.25, -0.2) is 0 Å². The fourth-order valence-corrected chi connectivity index (χ4v) is 2.00. The number of hydrogen-bond donors (Lipinski definition) is 2. The highest BCUT2D eigenvalue weighted by atomic mass is 16.2. The van der Waals surface area contributed by atoms with Gasteiger partial charge in [-0.15, -0.1) is 0 Å². The number of nitrogens with one attached hydrogen (secondary N) is 2. The summed E-state index contributed by atoms with van der Waals surface area (Å²) in [4.78, 5) is 11.6. The van der Waals surface area contributed by atoms with Gasteiger partial charge in [0.25, 0.3) is 0 Å². The number of carbonyl (C=O) groups excluding carboxylic acids is 1. The van der Waals surface area contributed by atoms with Gasteiger partial charge < -0.3 is 10.6 Å². The highest BCUT2D eigenvalue weighted by molar-refractivity contribution is 5.81. The van der Waals surface area contributed by atoms with Gasteiger partial charge in [0.2, 0.25) is 5.91 Å². The van der Waals surface area contributed by atoms with E-state index in [1.807, 2.05) is 13.8 Å². The van der Waals surface area contributed by atoms with Crippen LogP contribution in [0.2, 0.25) is 0 Å². The molecule has 0 aliphatic carbocycles. The van der Waals surface area contributed by atoms with E-state index in [0.717, 1.165) is 6.54 Å². The molecule has 0 aromatic carbocycles. The molecule has 0 bridgehead atoms. The second-order valence-corrected chi connectivity index (χ2v) is 5.95. The number of unbranched alkanes of at least 4 members (excludes halogenated alkanes) is 4. The number of amides is 1. The predicted octanol–water partition coefficient (Wildman–Crippen LogP) is 3.10. The summed E-state index contributed by atoms with van der Waals surface area (Å²) in [6.45, 7) is 9.15. The molecule has 2 N–H and O–H groups in total. The first-order valence-corrected chi connectivity index (χ1v) is 7.39. The van der Waals surface area contributed by atoms with Crippen molar-refractivity contribution in [2.75, 3.05) is 13.6 Å². The molecule has 1 amide bonds. The van der Waals surface area contributed by atoms with E-state index in [1.165, 1.54) is 38.5 Å². The molecule has 0 rings (SSSR count). The summed E-state index contributed by atoms with van der Waals surface area (Å²) < 4.78 is 0. The maximum Gasteiger partial charge on any atom is 0.226 e. The van der Waals surface area contributed by atoms with Gasteiger partial charge >= 0.3 is 0 Å². The maximum absolute atomic E-state index is 11.6. The molecule has 0 aliphatic heterocycles. The zero-order chi connectivity index (χ0) is 14.0. The molecule has 18 heavy (non-hydrogen) atoms. The van der Waals surface area contributed by atoms with Crippen molar-refractivity contribution in [3.8, 4) is 0 Å². The summed E-state index contributed by atoms with van der Waals surface area (Å²) >= 11 is 0. The third-order valence-electron chi connectivity index (χ3n) is 3.47. The molecule has 1 unspecified atom stereocenters. The smallest absolute Gasteiger partial charge is 0.226 e. The third kappa shape index (κ3) is 7.70. The van der Waals surface area contributed by atoms with E-state index in [-0.39, 0.29) is 11.3 Å². The molecule has 108 valence electrons. The molecule has 0 heterocycles. The van der Waals surface area contributed by atoms with Crippen molar-refractivity contribution < 1.29 is 4.79 Å². The van der Waals surface area contributed by atoms with Gasteiger partial charge in [0.05, 0.1) is 5.41 Å². The SMILES string of the molecule is CCCCCCCC(C)NCC(C)(C)C(=O)NC. The first kappa shape index (κ1) is 17.4. The minimum absolute atomic E-state index is 0.102. The van der Waals surface area contributed by atoms with E-state index in [4.69, 9.17) is 0 Å². The lowest BCUT2D eigenvalue weighted by Gasteiger charge is -2.25. The van der Waals surface area contributed by atoms with E-state index in [2.05, 4.69) is 24.5 Å². The van der Waals surface area contributed by atoms with Crippen molar-refractivity contribution in [2.45, 2.75) is 72.3 Å². The second kappa shape index (κ2) is 9.37. The number of carbonyl (C=O) groups is 1. The van der Waals surface area contributed by atoms with Crippen molar-refractivity contribution in [2.24, 2.45) is 5.41 Å². The molecule has 0 saturated heterocycles. The van der Waals surface area contributed by atoms with Gasteiger partial charge in [-0.2, -0.15) is 0 Å². The lowest BCUT2D eigenvalue weighted by atomic mass is 9.92. The first-order chi connectivity index (χ1) is 8.44. The van der Waals surface area contributed by atoms with Crippen LogP contribution in [0.4, 0.5) is 0 Å². The van der Waals surface area contributed by atoms with Crippen LogP contribution >= 0.6 is 0 Å². The molecule has 0 aromatic rings. The molecular formula is C15H32N2O. The largest absolute Gasteiger partial charge is 0.359 e. The van der Waals surface area contributed by atoms with E-state index in [0.29, 0.717) is 6.04 Å². The van der Waals surface area contributed by atoms with Crippen LogP contribution in [-0.4, -0.2) is 25.5 Å². The topological polar surface area (TPSA) is 41.1 Å². The summed E-state index contributed by atoms with van der Waals surface area (Å²) in [7, 11) is 1.70. The fourth-order valence-electron chi connectivity index (χ4n) is 2.00. The molecular weight excluding hydrogens is 224 g/mol. The average Bonchev–Trinajstić information content (AvgIpc) is 2.35. The van der Waals surface area contributed by atoms with Crippen LogP contribution in [0.5, 0.6) is 0 Å². The molecule has 3 heteroatoms. The summed E-state index contributed by atoms with van der Waals surface area (Å²) in [5, 5.41) is 6.18. The standard InChI is InChI=1S/C15H32N2O/c1-6-7-8-9-10-11-13(2)17-12-15(3,4)14(18)16-5/h13,17H,6-12H2,1-5H3,(H,16,18). The Kier molecular flexibility index (Phi) is 9.08. The first-order valence-electron chi connectivity index (χ1n) is 7.39. The summed E-state index contributed by atoms with van der Waals surface area (Å²) in [6.07, 6.45) is 7.83. The van der Waals surface area contributed by atoms with Gasteiger partial charge in [-0.05, 0) is 27.2 Å². The monoisotopic (exact) mass is 256 g/mol. The molecule has 0 fully saturated rings. The Bertz CT molecular complexity index is 227. The molecule has 0 aliphatic rings. The lowest BCUT2D eigenvalue weighted by Crippen LogP contribution is -2.44. The number of rotatable bonds is 10. The number of hydrogen-bond acceptors (Lipinski definition) is 2. The fraction of sp³-hybridized carbons (Fsp3) is 0.933. The van der Waals surface area contributed by atoms with Crippen molar-refractivity contribution in [3.63, 3.8) is 0 Å². The third-order valence-corrected chi connectivity index (χ3v) is 3.47. The minimum atomic E-state index is -0.328. The van der Waals surface area contributed by atoms with Crippen LogP contribution in [0.1, 0.15) is 66.2 Å². The highest BCUT2D eigenvalue weighted by Gasteiger charge is 2.26. The quantitative estimate of drug-likeness (QED) is 0.590. The van der Waals surface area contributed by atoms with Crippen LogP contribution in [0.25, 0.3) is 0 Å². The molecule has 0 radical (unpaired) electrons. The zero-order valence-corrected chi connectivity index (χ0v) is 12.9. The van der Waals surface area contributed by atoms with Gasteiger partial charge in [-0.1, -0.05) is 39.0 Å². The van der Waals surface area contributed by atoms with E-state index in [9.17, 15) is 4.79 Å².